The molecule has 0 bridgehead atoms. The number of rotatable bonds is 14. The normalized spacial score (nSPS) is 15.2. The highest BCUT2D eigenvalue weighted by Crippen LogP contribution is 2.30. The molecule has 3 N–H and O–H groups in total. The van der Waals surface area contributed by atoms with Gasteiger partial charge in [0.2, 0.25) is 0 Å². The van der Waals surface area contributed by atoms with Gasteiger partial charge in [0.1, 0.15) is 18.4 Å². The number of hydrogen-bond donors (Lipinski definition) is 3. The Morgan fingerprint density at radius 1 is 0.951 bits per heavy atom. The van der Waals surface area contributed by atoms with Crippen LogP contribution in [0.1, 0.15) is 79.8 Å². The minimum atomic E-state index is -1.01. The van der Waals surface area contributed by atoms with Crippen molar-refractivity contribution < 1.29 is 19.4 Å². The maximum atomic E-state index is 13.4. The average molecular weight is 557 g/mol. The van der Waals surface area contributed by atoms with E-state index in [0.29, 0.717) is 37.5 Å². The second-order valence-electron chi connectivity index (χ2n) is 11.3. The highest BCUT2D eigenvalue weighted by Gasteiger charge is 2.23. The topological polar surface area (TPSA) is 87.7 Å². The Bertz CT molecular complexity index is 1270. The van der Waals surface area contributed by atoms with Gasteiger partial charge in [-0.05, 0) is 72.2 Å². The van der Waals surface area contributed by atoms with Crippen LogP contribution in [-0.4, -0.2) is 35.7 Å². The van der Waals surface area contributed by atoms with Crippen molar-refractivity contribution in [3.63, 3.8) is 0 Å². The molecule has 6 nitrogen and oxygen atoms in total. The minimum absolute atomic E-state index is 0.202. The number of hydrogen-bond acceptors (Lipinski definition) is 4. The fourth-order valence-electron chi connectivity index (χ4n) is 5.79. The van der Waals surface area contributed by atoms with Crippen LogP contribution in [0.4, 0.5) is 0 Å². The Morgan fingerprint density at radius 2 is 1.68 bits per heavy atom. The molecule has 0 aliphatic heterocycles. The third kappa shape index (κ3) is 8.92. The largest absolute Gasteiger partial charge is 0.492 e. The molecule has 4 rings (SSSR count). The summed E-state index contributed by atoms with van der Waals surface area (Å²) in [7, 11) is 0. The molecule has 41 heavy (non-hydrogen) atoms. The Hall–Kier alpha value is -3.64. The van der Waals surface area contributed by atoms with Crippen LogP contribution >= 0.6 is 0 Å². The molecule has 1 saturated carbocycles. The van der Waals surface area contributed by atoms with E-state index in [0.717, 1.165) is 34.4 Å². The molecule has 1 amide bonds. The number of carboxylic acids is 1. The van der Waals surface area contributed by atoms with Gasteiger partial charge in [0, 0.05) is 18.2 Å². The molecule has 0 radical (unpaired) electrons. The van der Waals surface area contributed by atoms with Gasteiger partial charge in [-0.2, -0.15) is 0 Å². The van der Waals surface area contributed by atoms with E-state index in [2.05, 4.69) is 16.7 Å². The maximum absolute atomic E-state index is 13.4. The molecule has 2 atom stereocenters. The molecule has 218 valence electrons. The number of aliphatic carboxylic acids is 1. The van der Waals surface area contributed by atoms with Gasteiger partial charge in [0.05, 0.1) is 0 Å². The molecule has 3 aromatic rings. The number of amides is 1. The number of para-hydroxylation sites is 1. The number of benzene rings is 3. The van der Waals surface area contributed by atoms with Crippen LogP contribution in [0.3, 0.4) is 0 Å². The zero-order chi connectivity index (χ0) is 29.0. The minimum Gasteiger partial charge on any atom is -0.492 e. The third-order valence-corrected chi connectivity index (χ3v) is 8.08. The van der Waals surface area contributed by atoms with Gasteiger partial charge in [-0.3, -0.25) is 4.79 Å². The summed E-state index contributed by atoms with van der Waals surface area (Å²) in [5, 5.41) is 16.1. The quantitative estimate of drug-likeness (QED) is 0.196. The Morgan fingerprint density at radius 3 is 2.39 bits per heavy atom. The lowest BCUT2D eigenvalue weighted by Gasteiger charge is -2.27. The van der Waals surface area contributed by atoms with E-state index >= 15 is 0 Å². The molecule has 0 spiro atoms. The molecule has 6 heteroatoms. The monoisotopic (exact) mass is 556 g/mol. The summed E-state index contributed by atoms with van der Waals surface area (Å²) in [4.78, 5) is 25.1. The first-order valence-electron chi connectivity index (χ1n) is 15.1. The smallest absolute Gasteiger partial charge is 0.326 e. The van der Waals surface area contributed by atoms with Crippen LogP contribution in [0, 0.1) is 12.8 Å². The van der Waals surface area contributed by atoms with E-state index in [9.17, 15) is 14.7 Å². The maximum Gasteiger partial charge on any atom is 0.326 e. The molecule has 1 fully saturated rings. The van der Waals surface area contributed by atoms with Crippen molar-refractivity contribution in [1.82, 2.24) is 10.6 Å². The first kappa shape index (κ1) is 30.3. The van der Waals surface area contributed by atoms with E-state index in [1.807, 2.05) is 80.6 Å². The van der Waals surface area contributed by atoms with Gasteiger partial charge >= 0.3 is 5.97 Å². The molecule has 3 aromatic carbocycles. The highest BCUT2D eigenvalue weighted by atomic mass is 16.5. The number of carbonyl (C=O) groups is 2. The summed E-state index contributed by atoms with van der Waals surface area (Å²) in [5.41, 5.74) is 4.38. The van der Waals surface area contributed by atoms with Crippen LogP contribution in [0.25, 0.3) is 11.1 Å². The van der Waals surface area contributed by atoms with Gasteiger partial charge < -0.3 is 20.5 Å². The lowest BCUT2D eigenvalue weighted by atomic mass is 9.85. The number of carboxylic acid groups (broad SMARTS) is 1. The fourth-order valence-corrected chi connectivity index (χ4v) is 5.79. The standard InChI is InChI=1S/C35H44N2O4/c1-3-12-33(35(39)40)37-34(38)31-20-19-27(22-32(31)30-18-11-10-13-25(30)2)23-36-28(21-26-14-6-4-7-15-26)24-41-29-16-8-5-9-17-29/h5,8-11,13,16-20,22,26,28,33,36H,3-4,6-7,12,14-15,21,23-24H2,1-2H3,(H,37,38)(H,39,40)/t28-,33+/m1/s1. The van der Waals surface area contributed by atoms with Crippen LogP contribution in [0.5, 0.6) is 5.75 Å². The van der Waals surface area contributed by atoms with Gasteiger partial charge in [-0.1, -0.05) is 94.0 Å². The lowest BCUT2D eigenvalue weighted by molar-refractivity contribution is -0.139. The first-order valence-corrected chi connectivity index (χ1v) is 15.1. The summed E-state index contributed by atoms with van der Waals surface area (Å²) >= 11 is 0. The zero-order valence-electron chi connectivity index (χ0n) is 24.4. The summed E-state index contributed by atoms with van der Waals surface area (Å²) in [6, 6.07) is 23.1. The average Bonchev–Trinajstić information content (AvgIpc) is 2.99. The first-order chi connectivity index (χ1) is 19.9. The van der Waals surface area contributed by atoms with Crippen LogP contribution < -0.4 is 15.4 Å². The highest BCUT2D eigenvalue weighted by molar-refractivity contribution is 6.02. The van der Waals surface area contributed by atoms with E-state index in [1.54, 1.807) is 0 Å². The number of carbonyl (C=O) groups excluding carboxylic acids is 1. The van der Waals surface area contributed by atoms with Gasteiger partial charge in [0.25, 0.3) is 5.91 Å². The fraction of sp³-hybridized carbons (Fsp3) is 0.429. The van der Waals surface area contributed by atoms with E-state index in [1.165, 1.54) is 32.1 Å². The lowest BCUT2D eigenvalue weighted by Crippen LogP contribution is -2.40. The predicted molar refractivity (Wildman–Crippen MR) is 164 cm³/mol. The molecule has 0 aromatic heterocycles. The van der Waals surface area contributed by atoms with Crippen LogP contribution in [-0.2, 0) is 11.3 Å². The van der Waals surface area contributed by atoms with E-state index in [-0.39, 0.29) is 11.9 Å². The van der Waals surface area contributed by atoms with Gasteiger partial charge in [-0.15, -0.1) is 0 Å². The number of nitrogens with one attached hydrogen (secondary N) is 2. The van der Waals surface area contributed by atoms with Crippen molar-refractivity contribution in [3.05, 3.63) is 89.5 Å². The van der Waals surface area contributed by atoms with E-state index in [4.69, 9.17) is 4.74 Å². The Labute approximate surface area is 244 Å². The molecule has 1 aliphatic carbocycles. The summed E-state index contributed by atoms with van der Waals surface area (Å²) in [6.45, 7) is 5.18. The SMILES string of the molecule is CCC[C@H](NC(=O)c1ccc(CN[C@@H](COc2ccccc2)CC2CCCCC2)cc1-c1ccccc1C)C(=O)O. The Balaban J connectivity index is 1.54. The Kier molecular flexibility index (Phi) is 11.4. The molecular weight excluding hydrogens is 512 g/mol. The van der Waals surface area contributed by atoms with Gasteiger partial charge in [-0.25, -0.2) is 4.79 Å². The second kappa shape index (κ2) is 15.4. The number of aryl methyl sites for hydroxylation is 1. The third-order valence-electron chi connectivity index (χ3n) is 8.08. The summed E-state index contributed by atoms with van der Waals surface area (Å²) in [6.07, 6.45) is 8.63. The molecule has 0 unspecified atom stereocenters. The second-order valence-corrected chi connectivity index (χ2v) is 11.3. The van der Waals surface area contributed by atoms with Crippen molar-refractivity contribution in [2.24, 2.45) is 5.92 Å². The van der Waals surface area contributed by atoms with Crippen LogP contribution in [0.15, 0.2) is 72.8 Å². The van der Waals surface area contributed by atoms with Crippen molar-refractivity contribution >= 4 is 11.9 Å². The van der Waals surface area contributed by atoms with Crippen molar-refractivity contribution in [2.75, 3.05) is 6.61 Å². The molecule has 0 saturated heterocycles. The molecule has 1 aliphatic rings. The van der Waals surface area contributed by atoms with Crippen molar-refractivity contribution in [2.45, 2.75) is 83.8 Å². The summed E-state index contributed by atoms with van der Waals surface area (Å²) in [5.74, 6) is 0.206. The predicted octanol–water partition coefficient (Wildman–Crippen LogP) is 7.15. The summed E-state index contributed by atoms with van der Waals surface area (Å²) < 4.78 is 6.17. The van der Waals surface area contributed by atoms with Gasteiger partial charge in [0.15, 0.2) is 0 Å². The van der Waals surface area contributed by atoms with Crippen molar-refractivity contribution in [3.8, 4) is 16.9 Å². The zero-order valence-corrected chi connectivity index (χ0v) is 24.4. The molecule has 0 heterocycles. The molecular formula is C35H44N2O4. The van der Waals surface area contributed by atoms with Crippen LogP contribution in [0.2, 0.25) is 0 Å². The van der Waals surface area contributed by atoms with Crippen molar-refractivity contribution in [1.29, 1.82) is 0 Å². The van der Waals surface area contributed by atoms with E-state index < -0.39 is 12.0 Å². The number of ether oxygens (including phenoxy) is 1.